The number of aryl methyl sites for hydroxylation is 2. The van der Waals surface area contributed by atoms with E-state index in [4.69, 9.17) is 4.52 Å². The van der Waals surface area contributed by atoms with Gasteiger partial charge in [0.1, 0.15) is 11.3 Å². The average molecular weight is 284 g/mol. The van der Waals surface area contributed by atoms with Gasteiger partial charge in [-0.3, -0.25) is 9.48 Å². The topological polar surface area (TPSA) is 73.0 Å². The summed E-state index contributed by atoms with van der Waals surface area (Å²) in [6.45, 7) is 3.06. The minimum Gasteiger partial charge on any atom is -0.361 e. The monoisotopic (exact) mass is 284 g/mol. The molecule has 3 rings (SSSR count). The molecule has 21 heavy (non-hydrogen) atoms. The third-order valence-corrected chi connectivity index (χ3v) is 3.38. The minimum absolute atomic E-state index is 0.154. The molecular weight excluding hydrogens is 268 g/mol. The second kappa shape index (κ2) is 5.78. The van der Waals surface area contributed by atoms with Crippen LogP contribution in [0.4, 0.5) is 0 Å². The molecule has 0 fully saturated rings. The van der Waals surface area contributed by atoms with Crippen LogP contribution in [-0.4, -0.2) is 27.4 Å². The molecule has 108 valence electrons. The van der Waals surface area contributed by atoms with E-state index in [9.17, 15) is 4.79 Å². The Kier molecular flexibility index (Phi) is 3.68. The Bertz CT molecular complexity index is 760. The SMILES string of the molecule is Cc1oncc1C(=O)NCCCn1ncc2ccccc21. The molecule has 2 heterocycles. The van der Waals surface area contributed by atoms with Crippen molar-refractivity contribution < 1.29 is 9.32 Å². The van der Waals surface area contributed by atoms with Crippen LogP contribution in [0.15, 0.2) is 41.2 Å². The van der Waals surface area contributed by atoms with E-state index in [0.29, 0.717) is 17.9 Å². The summed E-state index contributed by atoms with van der Waals surface area (Å²) < 4.78 is 6.82. The van der Waals surface area contributed by atoms with E-state index in [1.54, 1.807) is 6.92 Å². The van der Waals surface area contributed by atoms with Gasteiger partial charge in [0.05, 0.1) is 17.9 Å². The summed E-state index contributed by atoms with van der Waals surface area (Å²) >= 11 is 0. The summed E-state index contributed by atoms with van der Waals surface area (Å²) in [5.74, 6) is 0.379. The number of para-hydroxylation sites is 1. The van der Waals surface area contributed by atoms with Gasteiger partial charge in [-0.2, -0.15) is 5.10 Å². The largest absolute Gasteiger partial charge is 0.361 e. The van der Waals surface area contributed by atoms with Crippen molar-refractivity contribution in [3.05, 3.63) is 48.0 Å². The lowest BCUT2D eigenvalue weighted by Gasteiger charge is -2.05. The van der Waals surface area contributed by atoms with Crippen molar-refractivity contribution in [2.24, 2.45) is 0 Å². The molecule has 1 amide bonds. The predicted octanol–water partition coefficient (Wildman–Crippen LogP) is 2.15. The molecule has 0 radical (unpaired) electrons. The second-order valence-corrected chi connectivity index (χ2v) is 4.83. The van der Waals surface area contributed by atoms with E-state index in [1.165, 1.54) is 6.20 Å². The molecule has 0 aliphatic rings. The maximum Gasteiger partial charge on any atom is 0.256 e. The van der Waals surface area contributed by atoms with Gasteiger partial charge in [-0.25, -0.2) is 0 Å². The Morgan fingerprint density at radius 2 is 2.19 bits per heavy atom. The smallest absolute Gasteiger partial charge is 0.256 e. The second-order valence-electron chi connectivity index (χ2n) is 4.83. The van der Waals surface area contributed by atoms with Crippen LogP contribution in [0.5, 0.6) is 0 Å². The summed E-state index contributed by atoms with van der Waals surface area (Å²) in [7, 11) is 0. The van der Waals surface area contributed by atoms with E-state index >= 15 is 0 Å². The van der Waals surface area contributed by atoms with Crippen LogP contribution in [0.3, 0.4) is 0 Å². The predicted molar refractivity (Wildman–Crippen MR) is 77.9 cm³/mol. The van der Waals surface area contributed by atoms with Crippen LogP contribution < -0.4 is 5.32 Å². The van der Waals surface area contributed by atoms with E-state index in [2.05, 4.69) is 15.6 Å². The summed E-state index contributed by atoms with van der Waals surface area (Å²) in [4.78, 5) is 11.9. The fourth-order valence-electron chi connectivity index (χ4n) is 2.25. The highest BCUT2D eigenvalue weighted by atomic mass is 16.5. The number of nitrogens with zero attached hydrogens (tertiary/aromatic N) is 3. The first-order chi connectivity index (χ1) is 10.3. The van der Waals surface area contributed by atoms with Gasteiger partial charge in [-0.05, 0) is 19.4 Å². The highest BCUT2D eigenvalue weighted by Crippen LogP contribution is 2.12. The molecule has 1 N–H and O–H groups in total. The number of carbonyl (C=O) groups excluding carboxylic acids is 1. The van der Waals surface area contributed by atoms with Crippen LogP contribution in [0.25, 0.3) is 10.9 Å². The van der Waals surface area contributed by atoms with Gasteiger partial charge < -0.3 is 9.84 Å². The van der Waals surface area contributed by atoms with Gasteiger partial charge in [-0.1, -0.05) is 23.4 Å². The molecule has 0 saturated carbocycles. The van der Waals surface area contributed by atoms with Crippen molar-refractivity contribution in [1.29, 1.82) is 0 Å². The third-order valence-electron chi connectivity index (χ3n) is 3.38. The standard InChI is InChI=1S/C15H16N4O2/c1-11-13(10-18-21-11)15(20)16-7-4-8-19-14-6-3-2-5-12(14)9-17-19/h2-3,5-6,9-10H,4,7-8H2,1H3,(H,16,20). The van der Waals surface area contributed by atoms with Crippen molar-refractivity contribution in [2.45, 2.75) is 19.9 Å². The first-order valence-corrected chi connectivity index (χ1v) is 6.86. The lowest BCUT2D eigenvalue weighted by atomic mass is 10.2. The number of aromatic nitrogens is 3. The number of hydrogen-bond acceptors (Lipinski definition) is 4. The number of nitrogens with one attached hydrogen (secondary N) is 1. The summed E-state index contributed by atoms with van der Waals surface area (Å²) in [6.07, 6.45) is 4.10. The number of benzene rings is 1. The Balaban J connectivity index is 1.53. The number of amides is 1. The van der Waals surface area contributed by atoms with Crippen LogP contribution in [0.2, 0.25) is 0 Å². The molecule has 0 unspecified atom stereocenters. The zero-order valence-electron chi connectivity index (χ0n) is 11.7. The Labute approximate surface area is 121 Å². The maximum atomic E-state index is 11.9. The van der Waals surface area contributed by atoms with Gasteiger partial charge in [-0.15, -0.1) is 0 Å². The molecule has 3 aromatic rings. The fraction of sp³-hybridized carbons (Fsp3) is 0.267. The number of rotatable bonds is 5. The molecule has 0 saturated heterocycles. The lowest BCUT2D eigenvalue weighted by molar-refractivity contribution is 0.0951. The number of hydrogen-bond donors (Lipinski definition) is 1. The molecule has 0 aliphatic carbocycles. The van der Waals surface area contributed by atoms with Crippen LogP contribution >= 0.6 is 0 Å². The molecule has 0 atom stereocenters. The molecule has 0 bridgehead atoms. The Hall–Kier alpha value is -2.63. The lowest BCUT2D eigenvalue weighted by Crippen LogP contribution is -2.25. The first kappa shape index (κ1) is 13.4. The zero-order valence-corrected chi connectivity index (χ0v) is 11.7. The quantitative estimate of drug-likeness (QED) is 0.729. The van der Waals surface area contributed by atoms with Crippen LogP contribution in [0.1, 0.15) is 22.5 Å². The molecule has 1 aromatic carbocycles. The third kappa shape index (κ3) is 2.79. The van der Waals surface area contributed by atoms with Crippen molar-refractivity contribution >= 4 is 16.8 Å². The summed E-state index contributed by atoms with van der Waals surface area (Å²) in [5, 5.41) is 11.9. The van der Waals surface area contributed by atoms with E-state index in [0.717, 1.165) is 23.9 Å². The maximum absolute atomic E-state index is 11.9. The van der Waals surface area contributed by atoms with Gasteiger partial charge in [0.25, 0.3) is 5.91 Å². The van der Waals surface area contributed by atoms with Crippen molar-refractivity contribution in [3.8, 4) is 0 Å². The molecule has 6 heteroatoms. The fourth-order valence-corrected chi connectivity index (χ4v) is 2.25. The van der Waals surface area contributed by atoms with Gasteiger partial charge in [0.2, 0.25) is 0 Å². The minimum atomic E-state index is -0.154. The van der Waals surface area contributed by atoms with E-state index < -0.39 is 0 Å². The van der Waals surface area contributed by atoms with Crippen molar-refractivity contribution in [3.63, 3.8) is 0 Å². The highest BCUT2D eigenvalue weighted by molar-refractivity contribution is 5.94. The molecule has 2 aromatic heterocycles. The normalized spacial score (nSPS) is 10.9. The van der Waals surface area contributed by atoms with Crippen LogP contribution in [-0.2, 0) is 6.54 Å². The summed E-state index contributed by atoms with van der Waals surface area (Å²) in [6, 6.07) is 8.07. The van der Waals surface area contributed by atoms with Gasteiger partial charge in [0, 0.05) is 18.5 Å². The van der Waals surface area contributed by atoms with Crippen molar-refractivity contribution in [2.75, 3.05) is 6.54 Å². The van der Waals surface area contributed by atoms with Gasteiger partial charge in [0.15, 0.2) is 0 Å². The summed E-state index contributed by atoms with van der Waals surface area (Å²) in [5.41, 5.74) is 1.60. The van der Waals surface area contributed by atoms with Crippen molar-refractivity contribution in [1.82, 2.24) is 20.3 Å². The highest BCUT2D eigenvalue weighted by Gasteiger charge is 2.11. The first-order valence-electron chi connectivity index (χ1n) is 6.86. The van der Waals surface area contributed by atoms with Gasteiger partial charge >= 0.3 is 0 Å². The van der Waals surface area contributed by atoms with E-state index in [-0.39, 0.29) is 5.91 Å². The number of fused-ring (bicyclic) bond motifs is 1. The Morgan fingerprint density at radius 3 is 3.00 bits per heavy atom. The molecular formula is C15H16N4O2. The van der Waals surface area contributed by atoms with Crippen LogP contribution in [0, 0.1) is 6.92 Å². The Morgan fingerprint density at radius 1 is 1.33 bits per heavy atom. The molecule has 6 nitrogen and oxygen atoms in total. The molecule has 0 aliphatic heterocycles. The zero-order chi connectivity index (χ0) is 14.7. The van der Waals surface area contributed by atoms with E-state index in [1.807, 2.05) is 35.1 Å². The molecule has 0 spiro atoms. The average Bonchev–Trinajstić information content (AvgIpc) is 3.10. The number of carbonyl (C=O) groups is 1.